The van der Waals surface area contributed by atoms with Gasteiger partial charge in [-0.2, -0.15) is 10.4 Å². The van der Waals surface area contributed by atoms with Gasteiger partial charge in [0.2, 0.25) is 0 Å². The summed E-state index contributed by atoms with van der Waals surface area (Å²) in [7, 11) is 1.81. The van der Waals surface area contributed by atoms with E-state index in [4.69, 9.17) is 5.26 Å². The fraction of sp³-hybridized carbons (Fsp3) is 0.667. The van der Waals surface area contributed by atoms with E-state index in [0.717, 1.165) is 25.1 Å². The molecule has 1 N–H and O–H groups in total. The molecule has 0 aliphatic carbocycles. The van der Waals surface area contributed by atoms with Gasteiger partial charge in [0, 0.05) is 12.2 Å². The molecular weight excluding hydrogens is 200 g/mol. The minimum absolute atomic E-state index is 0.0889. The Kier molecular flexibility index (Phi) is 4.51. The van der Waals surface area contributed by atoms with E-state index in [1.165, 1.54) is 11.3 Å². The van der Waals surface area contributed by atoms with E-state index < -0.39 is 0 Å². The molecule has 0 bridgehead atoms. The van der Waals surface area contributed by atoms with Crippen molar-refractivity contribution in [3.05, 3.63) is 17.0 Å². The molecule has 1 aromatic rings. The predicted octanol–water partition coefficient (Wildman–Crippen LogP) is 1.56. The maximum absolute atomic E-state index is 8.84. The summed E-state index contributed by atoms with van der Waals surface area (Å²) < 4.78 is 2.01. The van der Waals surface area contributed by atoms with Crippen molar-refractivity contribution in [1.29, 1.82) is 5.26 Å². The molecule has 88 valence electrons. The Labute approximate surface area is 97.3 Å². The number of hydrogen-bond acceptors (Lipinski definition) is 3. The van der Waals surface area contributed by atoms with E-state index in [1.807, 2.05) is 18.7 Å². The molecule has 1 aromatic heterocycles. The lowest BCUT2D eigenvalue weighted by molar-refractivity contribution is 0.508. The number of nitrogens with zero attached hydrogens (tertiary/aromatic N) is 3. The average molecular weight is 220 g/mol. The third-order valence-electron chi connectivity index (χ3n) is 3.02. The van der Waals surface area contributed by atoms with Crippen LogP contribution in [0.5, 0.6) is 0 Å². The molecule has 0 aromatic carbocycles. The van der Waals surface area contributed by atoms with Gasteiger partial charge in [0.25, 0.3) is 0 Å². The van der Waals surface area contributed by atoms with E-state index in [9.17, 15) is 0 Å². The smallest absolute Gasteiger partial charge is 0.0968 e. The van der Waals surface area contributed by atoms with Crippen LogP contribution in [0, 0.1) is 25.2 Å². The van der Waals surface area contributed by atoms with Gasteiger partial charge >= 0.3 is 0 Å². The highest BCUT2D eigenvalue weighted by molar-refractivity contribution is 5.24. The topological polar surface area (TPSA) is 53.6 Å². The van der Waals surface area contributed by atoms with Gasteiger partial charge in [0.05, 0.1) is 17.8 Å². The van der Waals surface area contributed by atoms with Crippen molar-refractivity contribution in [3.8, 4) is 6.07 Å². The first-order chi connectivity index (χ1) is 7.63. The number of rotatable bonds is 5. The van der Waals surface area contributed by atoms with Crippen LogP contribution in [0.25, 0.3) is 0 Å². The highest BCUT2D eigenvalue weighted by atomic mass is 15.3. The number of nitrogens with one attached hydrogen (secondary N) is 1. The van der Waals surface area contributed by atoms with Gasteiger partial charge in [-0.15, -0.1) is 0 Å². The third-order valence-corrected chi connectivity index (χ3v) is 3.02. The Balaban J connectivity index is 2.72. The molecule has 16 heavy (non-hydrogen) atoms. The van der Waals surface area contributed by atoms with Crippen molar-refractivity contribution < 1.29 is 0 Å². The molecule has 0 saturated carbocycles. The Morgan fingerprint density at radius 1 is 1.50 bits per heavy atom. The molecule has 0 radical (unpaired) electrons. The molecule has 0 saturated heterocycles. The van der Waals surface area contributed by atoms with Crippen molar-refractivity contribution >= 4 is 0 Å². The van der Waals surface area contributed by atoms with Crippen LogP contribution in [0.2, 0.25) is 0 Å². The molecule has 0 fully saturated rings. The first-order valence-electron chi connectivity index (χ1n) is 5.73. The molecule has 1 rings (SSSR count). The number of nitriles is 1. The van der Waals surface area contributed by atoms with E-state index in [0.29, 0.717) is 0 Å². The van der Waals surface area contributed by atoms with Gasteiger partial charge in [-0.3, -0.25) is 4.68 Å². The fourth-order valence-electron chi connectivity index (χ4n) is 1.99. The van der Waals surface area contributed by atoms with Gasteiger partial charge < -0.3 is 5.32 Å². The third kappa shape index (κ3) is 2.61. The summed E-state index contributed by atoms with van der Waals surface area (Å²) in [4.78, 5) is 0. The lowest BCUT2D eigenvalue weighted by Gasteiger charge is -2.08. The Hall–Kier alpha value is -1.34. The highest BCUT2D eigenvalue weighted by Crippen LogP contribution is 2.14. The molecule has 0 aliphatic rings. The van der Waals surface area contributed by atoms with Crippen LogP contribution in [-0.4, -0.2) is 22.9 Å². The van der Waals surface area contributed by atoms with Gasteiger partial charge in [0.1, 0.15) is 0 Å². The average Bonchev–Trinajstić information content (AvgIpc) is 2.55. The van der Waals surface area contributed by atoms with Gasteiger partial charge in [-0.1, -0.05) is 6.92 Å². The summed E-state index contributed by atoms with van der Waals surface area (Å²) >= 11 is 0. The molecule has 4 nitrogen and oxygen atoms in total. The van der Waals surface area contributed by atoms with Crippen molar-refractivity contribution in [2.75, 3.05) is 7.05 Å². The minimum atomic E-state index is -0.0889. The van der Waals surface area contributed by atoms with Gasteiger partial charge in [-0.25, -0.2) is 0 Å². The van der Waals surface area contributed by atoms with Gasteiger partial charge in [-0.05, 0) is 39.3 Å². The van der Waals surface area contributed by atoms with Crippen LogP contribution in [0.3, 0.4) is 0 Å². The zero-order chi connectivity index (χ0) is 12.1. The maximum Gasteiger partial charge on any atom is 0.0968 e. The second-order valence-corrected chi connectivity index (χ2v) is 3.99. The fourth-order valence-corrected chi connectivity index (χ4v) is 1.99. The van der Waals surface area contributed by atoms with Crippen LogP contribution >= 0.6 is 0 Å². The molecule has 1 heterocycles. The van der Waals surface area contributed by atoms with Crippen LogP contribution < -0.4 is 5.32 Å². The Morgan fingerprint density at radius 2 is 2.19 bits per heavy atom. The van der Waals surface area contributed by atoms with Crippen LogP contribution in [0.15, 0.2) is 0 Å². The molecule has 0 amide bonds. The van der Waals surface area contributed by atoms with Crippen molar-refractivity contribution in [1.82, 2.24) is 15.1 Å². The van der Waals surface area contributed by atoms with Crippen LogP contribution in [0.4, 0.5) is 0 Å². The Morgan fingerprint density at radius 3 is 2.62 bits per heavy atom. The van der Waals surface area contributed by atoms with E-state index >= 15 is 0 Å². The largest absolute Gasteiger partial charge is 0.305 e. The minimum Gasteiger partial charge on any atom is -0.305 e. The number of aromatic nitrogens is 2. The van der Waals surface area contributed by atoms with E-state index in [-0.39, 0.29) is 6.04 Å². The second-order valence-electron chi connectivity index (χ2n) is 3.99. The zero-order valence-electron chi connectivity index (χ0n) is 10.5. The van der Waals surface area contributed by atoms with Gasteiger partial charge in [0.15, 0.2) is 0 Å². The quantitative estimate of drug-likeness (QED) is 0.819. The first kappa shape index (κ1) is 12.7. The first-order valence-corrected chi connectivity index (χ1v) is 5.73. The normalized spacial score (nSPS) is 12.4. The lowest BCUT2D eigenvalue weighted by atomic mass is 10.1. The van der Waals surface area contributed by atoms with Crippen molar-refractivity contribution in [3.63, 3.8) is 0 Å². The SMILES string of the molecule is CCc1c(C)nn(CCC(C#N)NC)c1C. The van der Waals surface area contributed by atoms with Crippen LogP contribution in [0.1, 0.15) is 30.3 Å². The highest BCUT2D eigenvalue weighted by Gasteiger charge is 2.11. The molecular formula is C12H20N4. The number of aryl methyl sites for hydroxylation is 2. The standard InChI is InChI=1S/C12H20N4/c1-5-12-9(2)15-16(10(12)3)7-6-11(8-13)14-4/h11,14H,5-7H2,1-4H3. The summed E-state index contributed by atoms with van der Waals surface area (Å²) in [6.45, 7) is 7.08. The predicted molar refractivity (Wildman–Crippen MR) is 64.2 cm³/mol. The maximum atomic E-state index is 8.84. The summed E-state index contributed by atoms with van der Waals surface area (Å²) in [5.41, 5.74) is 3.67. The van der Waals surface area contributed by atoms with Crippen molar-refractivity contribution in [2.45, 2.75) is 46.2 Å². The Bertz CT molecular complexity index is 386. The van der Waals surface area contributed by atoms with Crippen molar-refractivity contribution in [2.24, 2.45) is 0 Å². The summed E-state index contributed by atoms with van der Waals surface area (Å²) in [6.07, 6.45) is 1.81. The van der Waals surface area contributed by atoms with Crippen LogP contribution in [-0.2, 0) is 13.0 Å². The number of hydrogen-bond donors (Lipinski definition) is 1. The molecule has 0 aliphatic heterocycles. The summed E-state index contributed by atoms with van der Waals surface area (Å²) in [5, 5.41) is 16.3. The monoisotopic (exact) mass is 220 g/mol. The second kappa shape index (κ2) is 5.66. The summed E-state index contributed by atoms with van der Waals surface area (Å²) in [5.74, 6) is 0. The van der Waals surface area contributed by atoms with E-state index in [1.54, 1.807) is 0 Å². The van der Waals surface area contributed by atoms with E-state index in [2.05, 4.69) is 30.3 Å². The molecule has 1 unspecified atom stereocenters. The lowest BCUT2D eigenvalue weighted by Crippen LogP contribution is -2.25. The zero-order valence-corrected chi connectivity index (χ0v) is 10.5. The molecule has 0 spiro atoms. The molecule has 4 heteroatoms. The molecule has 1 atom stereocenters. The summed E-state index contributed by atoms with van der Waals surface area (Å²) in [6, 6.07) is 2.14.